The zero-order chi connectivity index (χ0) is 19.9. The average molecular weight is 377 g/mol. The average Bonchev–Trinajstić information content (AvgIpc) is 3.09. The van der Waals surface area contributed by atoms with E-state index in [0.29, 0.717) is 26.1 Å². The first-order valence-corrected chi connectivity index (χ1v) is 9.66. The topological polar surface area (TPSA) is 65.2 Å². The SMILES string of the molecule is CC(=O)N(CCC(=O)NCCc1c[nH]c2ccccc12)Cc1ccccc1C. The van der Waals surface area contributed by atoms with Gasteiger partial charge in [-0.1, -0.05) is 42.5 Å². The number of para-hydroxylation sites is 1. The third-order valence-corrected chi connectivity index (χ3v) is 5.07. The van der Waals surface area contributed by atoms with E-state index in [4.69, 9.17) is 0 Å². The summed E-state index contributed by atoms with van der Waals surface area (Å²) < 4.78 is 0. The normalized spacial score (nSPS) is 10.8. The van der Waals surface area contributed by atoms with Crippen LogP contribution in [-0.4, -0.2) is 34.8 Å². The van der Waals surface area contributed by atoms with Gasteiger partial charge < -0.3 is 15.2 Å². The van der Waals surface area contributed by atoms with E-state index in [-0.39, 0.29) is 11.8 Å². The highest BCUT2D eigenvalue weighted by Gasteiger charge is 2.13. The molecule has 0 fully saturated rings. The van der Waals surface area contributed by atoms with Gasteiger partial charge in [0.15, 0.2) is 0 Å². The molecule has 2 aromatic carbocycles. The molecule has 0 aliphatic rings. The lowest BCUT2D eigenvalue weighted by atomic mass is 10.1. The van der Waals surface area contributed by atoms with Crippen LogP contribution < -0.4 is 5.32 Å². The molecule has 0 aliphatic carbocycles. The summed E-state index contributed by atoms with van der Waals surface area (Å²) >= 11 is 0. The van der Waals surface area contributed by atoms with Crippen molar-refractivity contribution in [2.75, 3.05) is 13.1 Å². The summed E-state index contributed by atoms with van der Waals surface area (Å²) in [5, 5.41) is 4.16. The molecule has 2 N–H and O–H groups in total. The van der Waals surface area contributed by atoms with E-state index in [1.165, 1.54) is 10.9 Å². The van der Waals surface area contributed by atoms with Gasteiger partial charge in [-0.05, 0) is 36.1 Å². The molecule has 3 aromatic rings. The van der Waals surface area contributed by atoms with E-state index in [1.54, 1.807) is 11.8 Å². The molecular weight excluding hydrogens is 350 g/mol. The number of H-pyrrole nitrogens is 1. The van der Waals surface area contributed by atoms with Crippen LogP contribution in [0.25, 0.3) is 10.9 Å². The van der Waals surface area contributed by atoms with Crippen LogP contribution in [0.4, 0.5) is 0 Å². The number of hydrogen-bond donors (Lipinski definition) is 2. The molecule has 5 heteroatoms. The van der Waals surface area contributed by atoms with Crippen LogP contribution >= 0.6 is 0 Å². The molecule has 0 atom stereocenters. The molecule has 28 heavy (non-hydrogen) atoms. The van der Waals surface area contributed by atoms with Crippen molar-refractivity contribution >= 4 is 22.7 Å². The maximum Gasteiger partial charge on any atom is 0.221 e. The molecule has 1 heterocycles. The minimum Gasteiger partial charge on any atom is -0.361 e. The van der Waals surface area contributed by atoms with Gasteiger partial charge >= 0.3 is 0 Å². The Hall–Kier alpha value is -3.08. The summed E-state index contributed by atoms with van der Waals surface area (Å²) in [6.07, 6.45) is 3.07. The number of benzene rings is 2. The monoisotopic (exact) mass is 377 g/mol. The molecule has 146 valence electrons. The summed E-state index contributed by atoms with van der Waals surface area (Å²) in [7, 11) is 0. The quantitative estimate of drug-likeness (QED) is 0.630. The van der Waals surface area contributed by atoms with Crippen LogP contribution in [0.3, 0.4) is 0 Å². The van der Waals surface area contributed by atoms with Gasteiger partial charge in [0.1, 0.15) is 0 Å². The molecule has 0 bridgehead atoms. The minimum atomic E-state index is -0.0316. The van der Waals surface area contributed by atoms with E-state index < -0.39 is 0 Å². The highest BCUT2D eigenvalue weighted by Crippen LogP contribution is 2.17. The predicted octanol–water partition coefficient (Wildman–Crippen LogP) is 3.57. The molecule has 0 saturated heterocycles. The number of amides is 2. The Bertz CT molecular complexity index is 961. The lowest BCUT2D eigenvalue weighted by Gasteiger charge is -2.22. The van der Waals surface area contributed by atoms with Gasteiger partial charge in [-0.2, -0.15) is 0 Å². The van der Waals surface area contributed by atoms with Crippen molar-refractivity contribution in [2.45, 2.75) is 33.2 Å². The Morgan fingerprint density at radius 1 is 1.04 bits per heavy atom. The Labute approximate surface area is 165 Å². The first-order valence-electron chi connectivity index (χ1n) is 9.66. The number of aryl methyl sites for hydroxylation is 1. The highest BCUT2D eigenvalue weighted by atomic mass is 16.2. The molecule has 0 radical (unpaired) electrons. The fraction of sp³-hybridized carbons (Fsp3) is 0.304. The number of carbonyl (C=O) groups excluding carboxylic acids is 2. The van der Waals surface area contributed by atoms with Gasteiger partial charge in [-0.15, -0.1) is 0 Å². The van der Waals surface area contributed by atoms with E-state index in [0.717, 1.165) is 23.1 Å². The Morgan fingerprint density at radius 2 is 1.79 bits per heavy atom. The molecule has 1 aromatic heterocycles. The minimum absolute atomic E-state index is 0.0187. The fourth-order valence-electron chi connectivity index (χ4n) is 3.34. The van der Waals surface area contributed by atoms with E-state index in [2.05, 4.69) is 16.4 Å². The lowest BCUT2D eigenvalue weighted by Crippen LogP contribution is -2.34. The zero-order valence-corrected chi connectivity index (χ0v) is 16.5. The smallest absolute Gasteiger partial charge is 0.221 e. The first kappa shape index (κ1) is 19.7. The molecule has 0 spiro atoms. The third-order valence-electron chi connectivity index (χ3n) is 5.07. The zero-order valence-electron chi connectivity index (χ0n) is 16.5. The predicted molar refractivity (Wildman–Crippen MR) is 112 cm³/mol. The van der Waals surface area contributed by atoms with Gasteiger partial charge in [0.05, 0.1) is 0 Å². The van der Waals surface area contributed by atoms with Crippen LogP contribution in [0.2, 0.25) is 0 Å². The van der Waals surface area contributed by atoms with Crippen molar-refractivity contribution < 1.29 is 9.59 Å². The maximum absolute atomic E-state index is 12.2. The standard InChI is InChI=1S/C23H27N3O2/c1-17-7-3-4-8-20(17)16-26(18(2)27)14-12-23(28)24-13-11-19-15-25-22-10-6-5-9-21(19)22/h3-10,15,25H,11-14,16H2,1-2H3,(H,24,28). The van der Waals surface area contributed by atoms with E-state index in [9.17, 15) is 9.59 Å². The van der Waals surface area contributed by atoms with Gasteiger partial charge in [0.2, 0.25) is 11.8 Å². The Kier molecular flexibility index (Phi) is 6.48. The number of aromatic nitrogens is 1. The van der Waals surface area contributed by atoms with Crippen LogP contribution in [-0.2, 0) is 22.6 Å². The summed E-state index contributed by atoms with van der Waals surface area (Å²) in [4.78, 5) is 29.2. The molecule has 0 saturated carbocycles. The third kappa shape index (κ3) is 5.00. The second kappa shape index (κ2) is 9.22. The summed E-state index contributed by atoms with van der Waals surface area (Å²) in [6, 6.07) is 16.2. The van der Waals surface area contributed by atoms with Gasteiger partial charge in [0.25, 0.3) is 0 Å². The fourth-order valence-corrected chi connectivity index (χ4v) is 3.34. The molecule has 5 nitrogen and oxygen atoms in total. The van der Waals surface area contributed by atoms with Crippen molar-refractivity contribution in [3.8, 4) is 0 Å². The van der Waals surface area contributed by atoms with E-state index in [1.807, 2.05) is 55.6 Å². The van der Waals surface area contributed by atoms with E-state index >= 15 is 0 Å². The maximum atomic E-state index is 12.2. The second-order valence-corrected chi connectivity index (χ2v) is 7.08. The number of carbonyl (C=O) groups is 2. The molecule has 3 rings (SSSR count). The summed E-state index contributed by atoms with van der Waals surface area (Å²) in [6.45, 7) is 5.12. The molecule has 0 unspecified atom stereocenters. The number of nitrogens with one attached hydrogen (secondary N) is 2. The van der Waals surface area contributed by atoms with Crippen LogP contribution in [0.1, 0.15) is 30.0 Å². The van der Waals surface area contributed by atoms with Gasteiger partial charge in [0, 0.05) is 50.1 Å². The number of aromatic amines is 1. The van der Waals surface area contributed by atoms with Crippen molar-refractivity contribution in [3.05, 3.63) is 71.4 Å². The lowest BCUT2D eigenvalue weighted by molar-refractivity contribution is -0.130. The number of rotatable bonds is 8. The number of fused-ring (bicyclic) bond motifs is 1. The Morgan fingerprint density at radius 3 is 2.57 bits per heavy atom. The largest absolute Gasteiger partial charge is 0.361 e. The van der Waals surface area contributed by atoms with Crippen LogP contribution in [0.5, 0.6) is 0 Å². The Balaban J connectivity index is 1.47. The molecule has 0 aliphatic heterocycles. The van der Waals surface area contributed by atoms with Gasteiger partial charge in [-0.25, -0.2) is 0 Å². The second-order valence-electron chi connectivity index (χ2n) is 7.08. The summed E-state index contributed by atoms with van der Waals surface area (Å²) in [5.74, 6) is -0.0503. The van der Waals surface area contributed by atoms with Crippen molar-refractivity contribution in [1.82, 2.24) is 15.2 Å². The van der Waals surface area contributed by atoms with Crippen LogP contribution in [0.15, 0.2) is 54.7 Å². The summed E-state index contributed by atoms with van der Waals surface area (Å²) in [5.41, 5.74) is 4.56. The van der Waals surface area contributed by atoms with Gasteiger partial charge in [-0.3, -0.25) is 9.59 Å². The first-order chi connectivity index (χ1) is 13.5. The highest BCUT2D eigenvalue weighted by molar-refractivity contribution is 5.83. The molecule has 2 amide bonds. The van der Waals surface area contributed by atoms with Crippen LogP contribution in [0, 0.1) is 6.92 Å². The van der Waals surface area contributed by atoms with Crippen molar-refractivity contribution in [3.63, 3.8) is 0 Å². The number of hydrogen-bond acceptors (Lipinski definition) is 2. The van der Waals surface area contributed by atoms with Crippen molar-refractivity contribution in [2.24, 2.45) is 0 Å². The number of nitrogens with zero attached hydrogens (tertiary/aromatic N) is 1. The molecular formula is C23H27N3O2. The van der Waals surface area contributed by atoms with Crippen molar-refractivity contribution in [1.29, 1.82) is 0 Å².